The lowest BCUT2D eigenvalue weighted by atomic mass is 10.2. The van der Waals surface area contributed by atoms with Crippen molar-refractivity contribution < 1.29 is 14.2 Å². The summed E-state index contributed by atoms with van der Waals surface area (Å²) >= 11 is 0. The zero-order chi connectivity index (χ0) is 17.2. The Morgan fingerprint density at radius 1 is 1.00 bits per heavy atom. The number of hydrogen-bond donors (Lipinski definition) is 0. The number of rotatable bonds is 4. The molecule has 1 fully saturated rings. The van der Waals surface area contributed by atoms with Crippen molar-refractivity contribution in [2.24, 2.45) is 0 Å². The largest absolute Gasteiger partial charge is 0.493 e. The van der Waals surface area contributed by atoms with E-state index >= 15 is 0 Å². The van der Waals surface area contributed by atoms with Gasteiger partial charge in [0.05, 0.1) is 44.8 Å². The van der Waals surface area contributed by atoms with Gasteiger partial charge in [-0.25, -0.2) is 9.97 Å². The summed E-state index contributed by atoms with van der Waals surface area (Å²) < 4.78 is 18.2. The maximum absolute atomic E-state index is 5.42. The maximum atomic E-state index is 5.42. The molecule has 1 aliphatic heterocycles. The highest BCUT2D eigenvalue weighted by Crippen LogP contribution is 2.31. The second kappa shape index (κ2) is 6.60. The molecule has 0 aliphatic carbocycles. The molecule has 7 heteroatoms. The van der Waals surface area contributed by atoms with Crippen LogP contribution in [0.1, 0.15) is 0 Å². The Hall–Kier alpha value is -2.80. The van der Waals surface area contributed by atoms with Gasteiger partial charge in [0.2, 0.25) is 0 Å². The summed E-state index contributed by atoms with van der Waals surface area (Å²) in [4.78, 5) is 11.2. The number of imidazole rings is 1. The first kappa shape index (κ1) is 15.7. The van der Waals surface area contributed by atoms with E-state index in [2.05, 4.69) is 20.9 Å². The summed E-state index contributed by atoms with van der Waals surface area (Å²) in [5, 5.41) is 0. The number of morpholine rings is 1. The predicted octanol–water partition coefficient (Wildman–Crippen LogP) is 2.27. The molecule has 7 nitrogen and oxygen atoms in total. The number of pyridine rings is 1. The standard InChI is InChI=1S/C18H20N4O3/c1-23-16-4-3-13(9-17(16)24-2)22-12-20-14-11-19-18(10-15(14)22)21-5-7-25-8-6-21/h3-4,9-12H,5-8H2,1-2H3. The van der Waals surface area contributed by atoms with Crippen LogP contribution < -0.4 is 14.4 Å². The molecule has 0 spiro atoms. The summed E-state index contributed by atoms with van der Waals surface area (Å²) in [6, 6.07) is 7.89. The van der Waals surface area contributed by atoms with Crippen LogP contribution >= 0.6 is 0 Å². The SMILES string of the molecule is COc1ccc(-n2cnc3cnc(N4CCOCC4)cc32)cc1OC. The van der Waals surface area contributed by atoms with Crippen molar-refractivity contribution in [3.8, 4) is 17.2 Å². The first-order valence-corrected chi connectivity index (χ1v) is 8.18. The molecule has 1 aliphatic rings. The molecule has 0 unspecified atom stereocenters. The van der Waals surface area contributed by atoms with E-state index in [-0.39, 0.29) is 0 Å². The molecule has 1 aromatic carbocycles. The molecule has 4 rings (SSSR count). The highest BCUT2D eigenvalue weighted by Gasteiger charge is 2.15. The van der Waals surface area contributed by atoms with E-state index in [0.29, 0.717) is 11.5 Å². The third-order valence-electron chi connectivity index (χ3n) is 4.40. The van der Waals surface area contributed by atoms with Crippen molar-refractivity contribution in [2.75, 3.05) is 45.4 Å². The van der Waals surface area contributed by atoms with Gasteiger partial charge in [0.15, 0.2) is 11.5 Å². The number of benzene rings is 1. The molecule has 1 saturated heterocycles. The monoisotopic (exact) mass is 340 g/mol. The number of fused-ring (bicyclic) bond motifs is 1. The molecule has 0 atom stereocenters. The van der Waals surface area contributed by atoms with Crippen LogP contribution in [0.5, 0.6) is 11.5 Å². The van der Waals surface area contributed by atoms with Crippen LogP contribution in [0.25, 0.3) is 16.7 Å². The molecule has 2 aromatic heterocycles. The topological polar surface area (TPSA) is 61.6 Å². The summed E-state index contributed by atoms with van der Waals surface area (Å²) in [7, 11) is 3.26. The Kier molecular flexibility index (Phi) is 4.15. The number of ether oxygens (including phenoxy) is 3. The van der Waals surface area contributed by atoms with Crippen molar-refractivity contribution in [3.05, 3.63) is 36.8 Å². The molecule has 130 valence electrons. The molecule has 3 heterocycles. The minimum Gasteiger partial charge on any atom is -0.493 e. The predicted molar refractivity (Wildman–Crippen MR) is 95.0 cm³/mol. The highest BCUT2D eigenvalue weighted by molar-refractivity contribution is 5.79. The summed E-state index contributed by atoms with van der Waals surface area (Å²) in [6.45, 7) is 3.16. The Morgan fingerprint density at radius 3 is 2.56 bits per heavy atom. The van der Waals surface area contributed by atoms with Crippen molar-refractivity contribution in [2.45, 2.75) is 0 Å². The van der Waals surface area contributed by atoms with Gasteiger partial charge in [-0.05, 0) is 12.1 Å². The fourth-order valence-corrected chi connectivity index (χ4v) is 3.05. The van der Waals surface area contributed by atoms with E-state index in [1.807, 2.05) is 29.0 Å². The minimum absolute atomic E-state index is 0.685. The Labute approximate surface area is 145 Å². The third kappa shape index (κ3) is 2.87. The minimum atomic E-state index is 0.685. The van der Waals surface area contributed by atoms with Gasteiger partial charge in [0.1, 0.15) is 17.7 Å². The van der Waals surface area contributed by atoms with Gasteiger partial charge >= 0.3 is 0 Å². The van der Waals surface area contributed by atoms with Crippen LogP contribution in [-0.4, -0.2) is 55.1 Å². The van der Waals surface area contributed by atoms with E-state index in [1.54, 1.807) is 20.5 Å². The first-order chi connectivity index (χ1) is 12.3. The average molecular weight is 340 g/mol. The van der Waals surface area contributed by atoms with Crippen LogP contribution in [0, 0.1) is 0 Å². The Morgan fingerprint density at radius 2 is 1.80 bits per heavy atom. The third-order valence-corrected chi connectivity index (χ3v) is 4.40. The Balaban J connectivity index is 1.77. The van der Waals surface area contributed by atoms with Crippen LogP contribution in [-0.2, 0) is 4.74 Å². The number of anilines is 1. The van der Waals surface area contributed by atoms with E-state index in [0.717, 1.165) is 48.8 Å². The van der Waals surface area contributed by atoms with Crippen molar-refractivity contribution in [1.82, 2.24) is 14.5 Å². The fraction of sp³-hybridized carbons (Fsp3) is 0.333. The Bertz CT molecular complexity index is 887. The van der Waals surface area contributed by atoms with E-state index < -0.39 is 0 Å². The van der Waals surface area contributed by atoms with Gasteiger partial charge in [0, 0.05) is 25.2 Å². The van der Waals surface area contributed by atoms with Crippen LogP contribution in [0.3, 0.4) is 0 Å². The summed E-state index contributed by atoms with van der Waals surface area (Å²) in [5.41, 5.74) is 2.81. The van der Waals surface area contributed by atoms with E-state index in [1.165, 1.54) is 0 Å². The lowest BCUT2D eigenvalue weighted by Crippen LogP contribution is -2.36. The molecule has 0 bridgehead atoms. The molecular formula is C18H20N4O3. The second-order valence-electron chi connectivity index (χ2n) is 5.78. The lowest BCUT2D eigenvalue weighted by Gasteiger charge is -2.27. The van der Waals surface area contributed by atoms with Gasteiger partial charge in [-0.2, -0.15) is 0 Å². The smallest absolute Gasteiger partial charge is 0.162 e. The van der Waals surface area contributed by atoms with Gasteiger partial charge in [-0.15, -0.1) is 0 Å². The number of nitrogens with zero attached hydrogens (tertiary/aromatic N) is 4. The summed E-state index contributed by atoms with van der Waals surface area (Å²) in [5.74, 6) is 2.33. The molecule has 0 radical (unpaired) electrons. The van der Waals surface area contributed by atoms with Crippen LogP contribution in [0.2, 0.25) is 0 Å². The molecule has 0 saturated carbocycles. The van der Waals surface area contributed by atoms with E-state index in [9.17, 15) is 0 Å². The molecule has 0 amide bonds. The van der Waals surface area contributed by atoms with Crippen molar-refractivity contribution in [3.63, 3.8) is 0 Å². The van der Waals surface area contributed by atoms with Gasteiger partial charge in [0.25, 0.3) is 0 Å². The van der Waals surface area contributed by atoms with Crippen LogP contribution in [0.15, 0.2) is 36.8 Å². The van der Waals surface area contributed by atoms with Crippen molar-refractivity contribution in [1.29, 1.82) is 0 Å². The number of methoxy groups -OCH3 is 2. The zero-order valence-corrected chi connectivity index (χ0v) is 14.3. The fourth-order valence-electron chi connectivity index (χ4n) is 3.05. The number of hydrogen-bond acceptors (Lipinski definition) is 6. The van der Waals surface area contributed by atoms with Crippen LogP contribution in [0.4, 0.5) is 5.82 Å². The van der Waals surface area contributed by atoms with Gasteiger partial charge < -0.3 is 19.1 Å². The molecule has 25 heavy (non-hydrogen) atoms. The number of aromatic nitrogens is 3. The lowest BCUT2D eigenvalue weighted by molar-refractivity contribution is 0.122. The maximum Gasteiger partial charge on any atom is 0.162 e. The average Bonchev–Trinajstić information content (AvgIpc) is 3.11. The quantitative estimate of drug-likeness (QED) is 0.726. The van der Waals surface area contributed by atoms with Crippen molar-refractivity contribution >= 4 is 16.9 Å². The second-order valence-corrected chi connectivity index (χ2v) is 5.78. The van der Waals surface area contributed by atoms with Gasteiger partial charge in [-0.3, -0.25) is 4.57 Å². The molecule has 3 aromatic rings. The normalized spacial score (nSPS) is 14.7. The first-order valence-electron chi connectivity index (χ1n) is 8.18. The molecular weight excluding hydrogens is 320 g/mol. The van der Waals surface area contributed by atoms with Gasteiger partial charge in [-0.1, -0.05) is 0 Å². The summed E-state index contributed by atoms with van der Waals surface area (Å²) in [6.07, 6.45) is 3.62. The van der Waals surface area contributed by atoms with E-state index in [4.69, 9.17) is 14.2 Å². The highest BCUT2D eigenvalue weighted by atomic mass is 16.5. The molecule has 0 N–H and O–H groups in total. The zero-order valence-electron chi connectivity index (χ0n) is 14.3.